The lowest BCUT2D eigenvalue weighted by atomic mass is 10.0. The number of halogens is 1. The van der Waals surface area contributed by atoms with Crippen molar-refractivity contribution >= 4 is 11.6 Å². The molecule has 1 fully saturated rings. The Kier molecular flexibility index (Phi) is 4.65. The highest BCUT2D eigenvalue weighted by atomic mass is 19.1. The molecule has 1 aliphatic rings. The summed E-state index contributed by atoms with van der Waals surface area (Å²) in [7, 11) is 1.34. The van der Waals surface area contributed by atoms with Gasteiger partial charge in [-0.25, -0.2) is 4.39 Å². The van der Waals surface area contributed by atoms with Crippen molar-refractivity contribution in [2.24, 2.45) is 0 Å². The molecule has 130 valence electrons. The van der Waals surface area contributed by atoms with Gasteiger partial charge in [0.25, 0.3) is 5.91 Å². The van der Waals surface area contributed by atoms with Crippen LogP contribution >= 0.6 is 0 Å². The number of hydrogen-bond donors (Lipinski definition) is 0. The lowest BCUT2D eigenvalue weighted by Gasteiger charge is -2.25. The van der Waals surface area contributed by atoms with E-state index in [9.17, 15) is 19.3 Å². The molecule has 0 spiro atoms. The van der Waals surface area contributed by atoms with Gasteiger partial charge in [0, 0.05) is 18.2 Å². The fourth-order valence-corrected chi connectivity index (χ4v) is 3.17. The Labute approximate surface area is 144 Å². The highest BCUT2D eigenvalue weighted by molar-refractivity contribution is 5.95. The lowest BCUT2D eigenvalue weighted by molar-refractivity contribution is -0.385. The molecule has 1 saturated heterocycles. The molecule has 0 aromatic heterocycles. The molecule has 0 aliphatic carbocycles. The second kappa shape index (κ2) is 6.88. The lowest BCUT2D eigenvalue weighted by Crippen LogP contribution is -2.30. The van der Waals surface area contributed by atoms with Gasteiger partial charge >= 0.3 is 5.69 Å². The quantitative estimate of drug-likeness (QED) is 0.626. The average Bonchev–Trinajstić information content (AvgIpc) is 3.10. The molecule has 2 aromatic carbocycles. The van der Waals surface area contributed by atoms with Crippen LogP contribution in [0.25, 0.3) is 0 Å². The zero-order valence-corrected chi connectivity index (χ0v) is 13.6. The predicted molar refractivity (Wildman–Crippen MR) is 89.1 cm³/mol. The van der Waals surface area contributed by atoms with Crippen molar-refractivity contribution in [3.05, 3.63) is 69.5 Å². The third-order valence-corrected chi connectivity index (χ3v) is 4.39. The SMILES string of the molecule is COc1ccc(C(=O)N2CCC[C@H]2c2ccc(F)cc2)cc1[N+](=O)[O-]. The minimum atomic E-state index is -0.572. The molecule has 0 radical (unpaired) electrons. The van der Waals surface area contributed by atoms with Crippen molar-refractivity contribution in [3.8, 4) is 5.75 Å². The molecule has 7 heteroatoms. The number of rotatable bonds is 4. The monoisotopic (exact) mass is 344 g/mol. The number of nitro benzene ring substituents is 1. The van der Waals surface area contributed by atoms with Crippen LogP contribution in [0, 0.1) is 15.9 Å². The number of methoxy groups -OCH3 is 1. The summed E-state index contributed by atoms with van der Waals surface area (Å²) >= 11 is 0. The van der Waals surface area contributed by atoms with Crippen LogP contribution in [-0.2, 0) is 0 Å². The number of benzene rings is 2. The Hall–Kier alpha value is -2.96. The Morgan fingerprint density at radius 3 is 2.64 bits per heavy atom. The predicted octanol–water partition coefficient (Wildman–Crippen LogP) is 3.72. The van der Waals surface area contributed by atoms with E-state index in [0.717, 1.165) is 18.4 Å². The summed E-state index contributed by atoms with van der Waals surface area (Å²) < 4.78 is 18.1. The Morgan fingerprint density at radius 2 is 2.00 bits per heavy atom. The Morgan fingerprint density at radius 1 is 1.28 bits per heavy atom. The van der Waals surface area contributed by atoms with Crippen LogP contribution in [0.4, 0.5) is 10.1 Å². The van der Waals surface area contributed by atoms with Gasteiger partial charge in [-0.3, -0.25) is 14.9 Å². The van der Waals surface area contributed by atoms with E-state index in [-0.39, 0.29) is 34.8 Å². The molecular weight excluding hydrogens is 327 g/mol. The zero-order chi connectivity index (χ0) is 18.0. The van der Waals surface area contributed by atoms with E-state index in [2.05, 4.69) is 0 Å². The largest absolute Gasteiger partial charge is 0.490 e. The van der Waals surface area contributed by atoms with Crippen molar-refractivity contribution in [2.75, 3.05) is 13.7 Å². The molecular formula is C18H17FN2O4. The molecule has 0 unspecified atom stereocenters. The van der Waals surface area contributed by atoms with E-state index in [4.69, 9.17) is 4.74 Å². The normalized spacial score (nSPS) is 16.7. The van der Waals surface area contributed by atoms with Gasteiger partial charge in [0.2, 0.25) is 0 Å². The summed E-state index contributed by atoms with van der Waals surface area (Å²) in [5, 5.41) is 11.2. The Bertz CT molecular complexity index is 807. The fraction of sp³-hybridized carbons (Fsp3) is 0.278. The topological polar surface area (TPSA) is 72.7 Å². The number of amides is 1. The third-order valence-electron chi connectivity index (χ3n) is 4.39. The van der Waals surface area contributed by atoms with E-state index >= 15 is 0 Å². The van der Waals surface area contributed by atoms with Gasteiger partial charge in [-0.2, -0.15) is 0 Å². The van der Waals surface area contributed by atoms with Gasteiger partial charge in [-0.15, -0.1) is 0 Å². The van der Waals surface area contributed by atoms with Gasteiger partial charge in [-0.1, -0.05) is 12.1 Å². The first-order valence-electron chi connectivity index (χ1n) is 7.90. The Balaban J connectivity index is 1.90. The standard InChI is InChI=1S/C18H17FN2O4/c1-25-17-9-6-13(11-16(17)21(23)24)18(22)20-10-2-3-15(20)12-4-7-14(19)8-5-12/h4-9,11,15H,2-3,10H2,1H3/t15-/m0/s1. The van der Waals surface area contributed by atoms with Gasteiger partial charge in [0.1, 0.15) is 5.82 Å². The maximum absolute atomic E-state index is 13.1. The average molecular weight is 344 g/mol. The summed E-state index contributed by atoms with van der Waals surface area (Å²) in [4.78, 5) is 25.1. The summed E-state index contributed by atoms with van der Waals surface area (Å²) in [6, 6.07) is 10.1. The third kappa shape index (κ3) is 3.31. The molecule has 1 aliphatic heterocycles. The molecule has 3 rings (SSSR count). The van der Waals surface area contributed by atoms with Crippen LogP contribution < -0.4 is 4.74 Å². The zero-order valence-electron chi connectivity index (χ0n) is 13.6. The summed E-state index contributed by atoms with van der Waals surface area (Å²) in [6.07, 6.45) is 1.60. The van der Waals surface area contributed by atoms with E-state index in [1.165, 1.54) is 37.4 Å². The van der Waals surface area contributed by atoms with Crippen LogP contribution in [0.3, 0.4) is 0 Å². The molecule has 25 heavy (non-hydrogen) atoms. The van der Waals surface area contributed by atoms with Crippen LogP contribution in [0.1, 0.15) is 34.8 Å². The van der Waals surface area contributed by atoms with Crippen molar-refractivity contribution < 1.29 is 18.8 Å². The van der Waals surface area contributed by atoms with Crippen molar-refractivity contribution in [1.29, 1.82) is 0 Å². The minimum Gasteiger partial charge on any atom is -0.490 e. The first kappa shape index (κ1) is 16.9. The fourth-order valence-electron chi connectivity index (χ4n) is 3.17. The number of hydrogen-bond acceptors (Lipinski definition) is 4. The van der Waals surface area contributed by atoms with Gasteiger partial charge in [-0.05, 0) is 42.7 Å². The highest BCUT2D eigenvalue weighted by Crippen LogP contribution is 2.34. The molecule has 0 bridgehead atoms. The van der Waals surface area contributed by atoms with Crippen molar-refractivity contribution in [3.63, 3.8) is 0 Å². The van der Waals surface area contributed by atoms with E-state index in [1.54, 1.807) is 17.0 Å². The van der Waals surface area contributed by atoms with Crippen molar-refractivity contribution in [1.82, 2.24) is 4.90 Å². The van der Waals surface area contributed by atoms with Gasteiger partial charge < -0.3 is 9.64 Å². The molecule has 1 atom stereocenters. The second-order valence-electron chi connectivity index (χ2n) is 5.85. The molecule has 2 aromatic rings. The number of likely N-dealkylation sites (tertiary alicyclic amines) is 1. The first-order chi connectivity index (χ1) is 12.0. The van der Waals surface area contributed by atoms with E-state index < -0.39 is 4.92 Å². The summed E-state index contributed by atoms with van der Waals surface area (Å²) in [6.45, 7) is 0.556. The highest BCUT2D eigenvalue weighted by Gasteiger charge is 2.31. The number of carbonyl (C=O) groups is 1. The molecule has 0 N–H and O–H groups in total. The smallest absolute Gasteiger partial charge is 0.311 e. The van der Waals surface area contributed by atoms with Crippen molar-refractivity contribution in [2.45, 2.75) is 18.9 Å². The van der Waals surface area contributed by atoms with Gasteiger partial charge in [0.15, 0.2) is 5.75 Å². The van der Waals surface area contributed by atoms with E-state index in [1.807, 2.05) is 0 Å². The number of nitrogens with zero attached hydrogens (tertiary/aromatic N) is 2. The summed E-state index contributed by atoms with van der Waals surface area (Å²) in [5.74, 6) is -0.499. The van der Waals surface area contributed by atoms with Crippen LogP contribution in [-0.4, -0.2) is 29.4 Å². The van der Waals surface area contributed by atoms with Gasteiger partial charge in [0.05, 0.1) is 18.1 Å². The number of carbonyl (C=O) groups excluding carboxylic acids is 1. The van der Waals surface area contributed by atoms with Crippen LogP contribution in [0.15, 0.2) is 42.5 Å². The number of nitro groups is 1. The molecule has 1 heterocycles. The molecule has 1 amide bonds. The second-order valence-corrected chi connectivity index (χ2v) is 5.85. The molecule has 0 saturated carbocycles. The summed E-state index contributed by atoms with van der Waals surface area (Å²) in [5.41, 5.74) is 0.850. The number of ether oxygens (including phenoxy) is 1. The van der Waals surface area contributed by atoms with Crippen LogP contribution in [0.2, 0.25) is 0 Å². The maximum Gasteiger partial charge on any atom is 0.311 e. The first-order valence-corrected chi connectivity index (χ1v) is 7.90. The van der Waals surface area contributed by atoms with E-state index in [0.29, 0.717) is 6.54 Å². The van der Waals surface area contributed by atoms with Crippen LogP contribution in [0.5, 0.6) is 5.75 Å². The minimum absolute atomic E-state index is 0.109. The maximum atomic E-state index is 13.1. The molecule has 6 nitrogen and oxygen atoms in total.